The van der Waals surface area contributed by atoms with Crippen molar-refractivity contribution in [2.75, 3.05) is 5.32 Å². The third-order valence-electron chi connectivity index (χ3n) is 2.26. The van der Waals surface area contributed by atoms with Gasteiger partial charge in [0.1, 0.15) is 0 Å². The molecule has 0 fully saturated rings. The molecule has 0 atom stereocenters. The van der Waals surface area contributed by atoms with Crippen molar-refractivity contribution < 1.29 is 4.79 Å². The molecule has 5 heteroatoms. The summed E-state index contributed by atoms with van der Waals surface area (Å²) in [5, 5.41) is 3.73. The highest BCUT2D eigenvalue weighted by Gasteiger charge is 2.09. The number of halogens is 3. The van der Waals surface area contributed by atoms with E-state index in [1.54, 1.807) is 42.5 Å². The quantitative estimate of drug-likeness (QED) is 0.815. The van der Waals surface area contributed by atoms with E-state index in [-0.39, 0.29) is 5.91 Å². The van der Waals surface area contributed by atoms with Gasteiger partial charge in [0.15, 0.2) is 0 Å². The van der Waals surface area contributed by atoms with Gasteiger partial charge in [-0.15, -0.1) is 0 Å². The number of carbonyl (C=O) groups is 1. The van der Waals surface area contributed by atoms with Crippen molar-refractivity contribution in [2.24, 2.45) is 0 Å². The number of anilines is 1. The molecule has 0 saturated heterocycles. The predicted octanol–water partition coefficient (Wildman–Crippen LogP) is 5.01. The molecule has 2 aromatic carbocycles. The first-order chi connectivity index (χ1) is 8.56. The van der Waals surface area contributed by atoms with Crippen LogP contribution in [0.15, 0.2) is 46.9 Å². The first kappa shape index (κ1) is 13.4. The molecule has 0 unspecified atom stereocenters. The molecule has 18 heavy (non-hydrogen) atoms. The van der Waals surface area contributed by atoms with E-state index < -0.39 is 0 Å². The lowest BCUT2D eigenvalue weighted by Gasteiger charge is -2.08. The maximum Gasteiger partial charge on any atom is 0.255 e. The van der Waals surface area contributed by atoms with Crippen LogP contribution in [0.25, 0.3) is 0 Å². The van der Waals surface area contributed by atoms with Crippen LogP contribution in [-0.2, 0) is 0 Å². The molecule has 2 nitrogen and oxygen atoms in total. The standard InChI is InChI=1S/C13H8BrCl2NO/c14-9-4-5-11(16)12(7-9)17-13(18)8-2-1-3-10(15)6-8/h1-7H,(H,17,18). The number of hydrogen-bond donors (Lipinski definition) is 1. The maximum atomic E-state index is 12.0. The van der Waals surface area contributed by atoms with Crippen molar-refractivity contribution in [1.29, 1.82) is 0 Å². The lowest BCUT2D eigenvalue weighted by atomic mass is 10.2. The van der Waals surface area contributed by atoms with Gasteiger partial charge in [0.25, 0.3) is 5.91 Å². The summed E-state index contributed by atoms with van der Waals surface area (Å²) in [5.41, 5.74) is 1.04. The van der Waals surface area contributed by atoms with Gasteiger partial charge in [0.2, 0.25) is 0 Å². The third-order valence-corrected chi connectivity index (χ3v) is 3.32. The van der Waals surface area contributed by atoms with Gasteiger partial charge in [-0.05, 0) is 36.4 Å². The van der Waals surface area contributed by atoms with E-state index in [2.05, 4.69) is 21.2 Å². The zero-order valence-corrected chi connectivity index (χ0v) is 12.2. The van der Waals surface area contributed by atoms with E-state index in [9.17, 15) is 4.79 Å². The molecule has 0 spiro atoms. The van der Waals surface area contributed by atoms with Gasteiger partial charge in [-0.2, -0.15) is 0 Å². The number of carbonyl (C=O) groups excluding carboxylic acids is 1. The third kappa shape index (κ3) is 3.25. The molecule has 0 saturated carbocycles. The summed E-state index contributed by atoms with van der Waals surface area (Å²) < 4.78 is 0.841. The van der Waals surface area contributed by atoms with Crippen LogP contribution in [0.4, 0.5) is 5.69 Å². The number of rotatable bonds is 2. The van der Waals surface area contributed by atoms with Crippen LogP contribution in [0.3, 0.4) is 0 Å². The molecule has 1 N–H and O–H groups in total. The van der Waals surface area contributed by atoms with Crippen LogP contribution in [0, 0.1) is 0 Å². The summed E-state index contributed by atoms with van der Waals surface area (Å²) >= 11 is 15.2. The molecule has 0 aromatic heterocycles. The Balaban J connectivity index is 2.24. The highest BCUT2D eigenvalue weighted by molar-refractivity contribution is 9.10. The fraction of sp³-hybridized carbons (Fsp3) is 0. The highest BCUT2D eigenvalue weighted by Crippen LogP contribution is 2.26. The number of amides is 1. The largest absolute Gasteiger partial charge is 0.321 e. The summed E-state index contributed by atoms with van der Waals surface area (Å²) in [7, 11) is 0. The van der Waals surface area contributed by atoms with E-state index in [1.165, 1.54) is 0 Å². The highest BCUT2D eigenvalue weighted by atomic mass is 79.9. The molecular weight excluding hydrogens is 337 g/mol. The average molecular weight is 345 g/mol. The zero-order valence-electron chi connectivity index (χ0n) is 9.08. The molecular formula is C13H8BrCl2NO. The molecule has 92 valence electrons. The van der Waals surface area contributed by atoms with E-state index in [0.29, 0.717) is 21.3 Å². The minimum Gasteiger partial charge on any atom is -0.321 e. The van der Waals surface area contributed by atoms with Crippen molar-refractivity contribution in [3.8, 4) is 0 Å². The van der Waals surface area contributed by atoms with E-state index >= 15 is 0 Å². The van der Waals surface area contributed by atoms with Crippen LogP contribution < -0.4 is 5.32 Å². The Morgan fingerprint density at radius 1 is 1.11 bits per heavy atom. The Labute approximate surface area is 123 Å². The molecule has 0 aliphatic heterocycles. The van der Waals surface area contributed by atoms with Crippen molar-refractivity contribution >= 4 is 50.7 Å². The Morgan fingerprint density at radius 3 is 2.61 bits per heavy atom. The summed E-state index contributed by atoms with van der Waals surface area (Å²) in [6, 6.07) is 12.0. The summed E-state index contributed by atoms with van der Waals surface area (Å²) in [5.74, 6) is -0.252. The second-order valence-corrected chi connectivity index (χ2v) is 5.35. The lowest BCUT2D eigenvalue weighted by molar-refractivity contribution is 0.102. The fourth-order valence-corrected chi connectivity index (χ4v) is 2.13. The van der Waals surface area contributed by atoms with Gasteiger partial charge >= 0.3 is 0 Å². The number of hydrogen-bond acceptors (Lipinski definition) is 1. The summed E-state index contributed by atoms with van der Waals surface area (Å²) in [6.07, 6.45) is 0. The average Bonchev–Trinajstić information content (AvgIpc) is 2.34. The minimum atomic E-state index is -0.252. The van der Waals surface area contributed by atoms with E-state index in [1.807, 2.05) is 0 Å². The molecule has 0 aliphatic rings. The van der Waals surface area contributed by atoms with Crippen molar-refractivity contribution in [3.05, 3.63) is 62.5 Å². The van der Waals surface area contributed by atoms with Crippen LogP contribution >= 0.6 is 39.1 Å². The van der Waals surface area contributed by atoms with E-state index in [0.717, 1.165) is 4.47 Å². The first-order valence-electron chi connectivity index (χ1n) is 5.08. The van der Waals surface area contributed by atoms with Crippen molar-refractivity contribution in [1.82, 2.24) is 0 Å². The number of benzene rings is 2. The second-order valence-electron chi connectivity index (χ2n) is 3.59. The predicted molar refractivity (Wildman–Crippen MR) is 78.6 cm³/mol. The second kappa shape index (κ2) is 5.74. The van der Waals surface area contributed by atoms with Gasteiger partial charge in [-0.3, -0.25) is 4.79 Å². The van der Waals surface area contributed by atoms with Gasteiger partial charge in [0, 0.05) is 15.1 Å². The van der Waals surface area contributed by atoms with Gasteiger partial charge in [-0.1, -0.05) is 45.2 Å². The molecule has 0 aliphatic carbocycles. The zero-order chi connectivity index (χ0) is 13.1. The molecule has 2 rings (SSSR count). The van der Waals surface area contributed by atoms with Crippen LogP contribution in [0.2, 0.25) is 10.0 Å². The molecule has 0 heterocycles. The van der Waals surface area contributed by atoms with Crippen molar-refractivity contribution in [2.45, 2.75) is 0 Å². The normalized spacial score (nSPS) is 10.2. The maximum absolute atomic E-state index is 12.0. The van der Waals surface area contributed by atoms with Crippen molar-refractivity contribution in [3.63, 3.8) is 0 Å². The van der Waals surface area contributed by atoms with Gasteiger partial charge in [-0.25, -0.2) is 0 Å². The SMILES string of the molecule is O=C(Nc1cc(Br)ccc1Cl)c1cccc(Cl)c1. The molecule has 2 aromatic rings. The van der Waals surface area contributed by atoms with Crippen LogP contribution in [0.1, 0.15) is 10.4 Å². The lowest BCUT2D eigenvalue weighted by Crippen LogP contribution is -2.12. The van der Waals surface area contributed by atoms with Crippen LogP contribution in [-0.4, -0.2) is 5.91 Å². The Bertz CT molecular complexity index is 601. The summed E-state index contributed by atoms with van der Waals surface area (Å²) in [4.78, 5) is 12.0. The van der Waals surface area contributed by atoms with E-state index in [4.69, 9.17) is 23.2 Å². The fourth-order valence-electron chi connectivity index (χ4n) is 1.42. The minimum absolute atomic E-state index is 0.252. The Kier molecular flexibility index (Phi) is 4.27. The molecule has 0 radical (unpaired) electrons. The smallest absolute Gasteiger partial charge is 0.255 e. The van der Waals surface area contributed by atoms with Gasteiger partial charge < -0.3 is 5.32 Å². The molecule has 1 amide bonds. The first-order valence-corrected chi connectivity index (χ1v) is 6.63. The number of nitrogens with one attached hydrogen (secondary N) is 1. The monoisotopic (exact) mass is 343 g/mol. The Hall–Kier alpha value is -1.03. The van der Waals surface area contributed by atoms with Crippen LogP contribution in [0.5, 0.6) is 0 Å². The summed E-state index contributed by atoms with van der Waals surface area (Å²) in [6.45, 7) is 0. The van der Waals surface area contributed by atoms with Gasteiger partial charge in [0.05, 0.1) is 10.7 Å². The topological polar surface area (TPSA) is 29.1 Å². The Morgan fingerprint density at radius 2 is 1.89 bits per heavy atom. The molecule has 0 bridgehead atoms.